The molecule has 0 aromatic heterocycles. The topological polar surface area (TPSA) is 46.2 Å². The fourth-order valence-electron chi connectivity index (χ4n) is 2.36. The summed E-state index contributed by atoms with van der Waals surface area (Å²) in [5, 5.41) is 2.52. The number of anilines is 1. The van der Waals surface area contributed by atoms with Crippen LogP contribution in [0.5, 0.6) is 0 Å². The molecule has 0 bridgehead atoms. The molecule has 1 saturated carbocycles. The Morgan fingerprint density at radius 1 is 1.33 bits per heavy atom. The molecule has 0 aliphatic heterocycles. The lowest BCUT2D eigenvalue weighted by Crippen LogP contribution is -2.31. The number of halogens is 3. The molecule has 1 aromatic rings. The number of rotatable bonds is 3. The summed E-state index contributed by atoms with van der Waals surface area (Å²) in [6.07, 6.45) is 1.01. The Hall–Kier alpha value is -1.37. The van der Waals surface area contributed by atoms with Crippen molar-refractivity contribution in [2.24, 2.45) is 5.92 Å². The van der Waals surface area contributed by atoms with Crippen LogP contribution in [-0.4, -0.2) is 22.3 Å². The van der Waals surface area contributed by atoms with Crippen LogP contribution < -0.4 is 5.32 Å². The maximum Gasteiger partial charge on any atom is 0.248 e. The van der Waals surface area contributed by atoms with Crippen LogP contribution in [0.15, 0.2) is 23.1 Å². The van der Waals surface area contributed by atoms with Gasteiger partial charge in [0.1, 0.15) is 5.82 Å². The van der Waals surface area contributed by atoms with E-state index in [9.17, 15) is 22.2 Å². The van der Waals surface area contributed by atoms with E-state index in [1.54, 1.807) is 0 Å². The Kier molecular flexibility index (Phi) is 4.70. The molecule has 0 radical (unpaired) electrons. The second kappa shape index (κ2) is 6.17. The zero-order valence-electron chi connectivity index (χ0n) is 11.5. The number of carbonyl (C=O) groups is 1. The van der Waals surface area contributed by atoms with Crippen molar-refractivity contribution in [3.05, 3.63) is 24.0 Å². The molecule has 0 spiro atoms. The third-order valence-corrected chi connectivity index (χ3v) is 4.55. The van der Waals surface area contributed by atoms with Crippen LogP contribution in [-0.2, 0) is 15.6 Å². The first kappa shape index (κ1) is 16.0. The smallest absolute Gasteiger partial charge is 0.248 e. The van der Waals surface area contributed by atoms with E-state index >= 15 is 0 Å². The Bertz CT molecular complexity index is 567. The van der Waals surface area contributed by atoms with Crippen molar-refractivity contribution in [2.75, 3.05) is 11.6 Å². The molecule has 0 saturated heterocycles. The summed E-state index contributed by atoms with van der Waals surface area (Å²) in [7, 11) is -1.45. The van der Waals surface area contributed by atoms with Gasteiger partial charge in [-0.1, -0.05) is 0 Å². The molecule has 7 heteroatoms. The largest absolute Gasteiger partial charge is 0.326 e. The lowest BCUT2D eigenvalue weighted by Gasteiger charge is -2.27. The van der Waals surface area contributed by atoms with Crippen molar-refractivity contribution in [1.29, 1.82) is 0 Å². The highest BCUT2D eigenvalue weighted by molar-refractivity contribution is 7.84. The maximum absolute atomic E-state index is 13.7. The summed E-state index contributed by atoms with van der Waals surface area (Å²) in [4.78, 5) is 12.0. The summed E-state index contributed by atoms with van der Waals surface area (Å²) >= 11 is 0. The number of alkyl halides is 2. The van der Waals surface area contributed by atoms with Crippen LogP contribution in [0.2, 0.25) is 0 Å². The van der Waals surface area contributed by atoms with Crippen LogP contribution in [0.3, 0.4) is 0 Å². The number of hydrogen-bond donors (Lipinski definition) is 1. The molecule has 1 N–H and O–H groups in total. The van der Waals surface area contributed by atoms with Gasteiger partial charge in [-0.3, -0.25) is 9.00 Å². The summed E-state index contributed by atoms with van der Waals surface area (Å²) < 4.78 is 50.9. The quantitative estimate of drug-likeness (QED) is 0.929. The number of benzene rings is 1. The van der Waals surface area contributed by atoms with Gasteiger partial charge in [0.05, 0.1) is 15.7 Å². The molecule has 2 rings (SSSR count). The maximum atomic E-state index is 13.7. The minimum absolute atomic E-state index is 0.0605. The molecule has 1 aliphatic rings. The van der Waals surface area contributed by atoms with E-state index < -0.39 is 28.5 Å². The molecule has 1 aliphatic carbocycles. The van der Waals surface area contributed by atoms with Crippen molar-refractivity contribution < 1.29 is 22.2 Å². The van der Waals surface area contributed by atoms with Gasteiger partial charge in [0.15, 0.2) is 0 Å². The van der Waals surface area contributed by atoms with Gasteiger partial charge >= 0.3 is 0 Å². The third-order valence-electron chi connectivity index (χ3n) is 3.60. The van der Waals surface area contributed by atoms with Crippen LogP contribution in [0.25, 0.3) is 0 Å². The van der Waals surface area contributed by atoms with Gasteiger partial charge in [0.2, 0.25) is 11.8 Å². The summed E-state index contributed by atoms with van der Waals surface area (Å²) in [6, 6.07) is 3.89. The predicted molar refractivity (Wildman–Crippen MR) is 74.3 cm³/mol. The van der Waals surface area contributed by atoms with E-state index in [1.807, 2.05) is 0 Å². The molecule has 1 aromatic carbocycles. The SMILES string of the molecule is CS(=O)c1ccc(NC(=O)C2CCC(F)(F)CC2)cc1F. The second-order valence-electron chi connectivity index (χ2n) is 5.22. The van der Waals surface area contributed by atoms with E-state index in [2.05, 4.69) is 5.32 Å². The van der Waals surface area contributed by atoms with Crippen molar-refractivity contribution in [2.45, 2.75) is 36.5 Å². The van der Waals surface area contributed by atoms with E-state index in [-0.39, 0.29) is 42.2 Å². The van der Waals surface area contributed by atoms with Crippen molar-refractivity contribution in [1.82, 2.24) is 0 Å². The zero-order chi connectivity index (χ0) is 15.6. The van der Waals surface area contributed by atoms with Gasteiger partial charge in [-0.25, -0.2) is 13.2 Å². The minimum atomic E-state index is -2.68. The summed E-state index contributed by atoms with van der Waals surface area (Å²) in [6.45, 7) is 0. The Morgan fingerprint density at radius 3 is 2.48 bits per heavy atom. The highest BCUT2D eigenvalue weighted by Gasteiger charge is 2.37. The summed E-state index contributed by atoms with van der Waals surface area (Å²) in [5.74, 6) is -4.21. The Balaban J connectivity index is 2.00. The Morgan fingerprint density at radius 2 is 1.95 bits per heavy atom. The van der Waals surface area contributed by atoms with Gasteiger partial charge < -0.3 is 5.32 Å². The average molecular weight is 319 g/mol. The van der Waals surface area contributed by atoms with Gasteiger partial charge in [0.25, 0.3) is 0 Å². The first-order chi connectivity index (χ1) is 9.78. The Labute approximate surface area is 123 Å². The molecule has 0 heterocycles. The standard InChI is InChI=1S/C14H16F3NO2S/c1-21(20)12-3-2-10(8-11(12)15)18-13(19)9-4-6-14(16,17)7-5-9/h2-3,8-9H,4-7H2,1H3,(H,18,19). The number of carbonyl (C=O) groups excluding carboxylic acids is 1. The number of nitrogens with one attached hydrogen (secondary N) is 1. The fourth-order valence-corrected chi connectivity index (χ4v) is 2.95. The van der Waals surface area contributed by atoms with Crippen molar-refractivity contribution in [3.8, 4) is 0 Å². The molecule has 1 unspecified atom stereocenters. The van der Waals surface area contributed by atoms with Crippen LogP contribution in [0.4, 0.5) is 18.9 Å². The van der Waals surface area contributed by atoms with E-state index in [0.29, 0.717) is 0 Å². The molecular weight excluding hydrogens is 303 g/mol. The van der Waals surface area contributed by atoms with Gasteiger partial charge in [0, 0.05) is 30.7 Å². The first-order valence-electron chi connectivity index (χ1n) is 6.60. The van der Waals surface area contributed by atoms with Gasteiger partial charge in [-0.2, -0.15) is 0 Å². The number of amides is 1. The highest BCUT2D eigenvalue weighted by atomic mass is 32.2. The lowest BCUT2D eigenvalue weighted by molar-refractivity contribution is -0.124. The minimum Gasteiger partial charge on any atom is -0.326 e. The molecular formula is C14H16F3NO2S. The first-order valence-corrected chi connectivity index (χ1v) is 8.16. The molecule has 1 atom stereocenters. The van der Waals surface area contributed by atoms with Crippen molar-refractivity contribution >= 4 is 22.4 Å². The molecule has 21 heavy (non-hydrogen) atoms. The van der Waals surface area contributed by atoms with E-state index in [1.165, 1.54) is 18.4 Å². The van der Waals surface area contributed by atoms with Crippen molar-refractivity contribution in [3.63, 3.8) is 0 Å². The lowest BCUT2D eigenvalue weighted by atomic mass is 9.86. The highest BCUT2D eigenvalue weighted by Crippen LogP contribution is 2.36. The predicted octanol–water partition coefficient (Wildman–Crippen LogP) is 3.33. The van der Waals surface area contributed by atoms with E-state index in [4.69, 9.17) is 0 Å². The van der Waals surface area contributed by atoms with Crippen LogP contribution in [0.1, 0.15) is 25.7 Å². The second-order valence-corrected chi connectivity index (χ2v) is 6.57. The average Bonchev–Trinajstić information content (AvgIpc) is 2.38. The van der Waals surface area contributed by atoms with E-state index in [0.717, 1.165) is 6.07 Å². The molecule has 116 valence electrons. The zero-order valence-corrected chi connectivity index (χ0v) is 12.3. The molecule has 3 nitrogen and oxygen atoms in total. The normalized spacial score (nSPS) is 20.0. The third kappa shape index (κ3) is 4.06. The summed E-state index contributed by atoms with van der Waals surface area (Å²) in [5.41, 5.74) is 0.240. The monoisotopic (exact) mass is 319 g/mol. The van der Waals surface area contributed by atoms with Gasteiger partial charge in [-0.15, -0.1) is 0 Å². The molecule has 1 fully saturated rings. The molecule has 1 amide bonds. The van der Waals surface area contributed by atoms with Crippen LogP contribution >= 0.6 is 0 Å². The fraction of sp³-hybridized carbons (Fsp3) is 0.500. The van der Waals surface area contributed by atoms with Gasteiger partial charge in [-0.05, 0) is 31.0 Å². The van der Waals surface area contributed by atoms with Crippen LogP contribution in [0, 0.1) is 11.7 Å². The number of hydrogen-bond acceptors (Lipinski definition) is 2.